The Bertz CT molecular complexity index is 756. The fourth-order valence-corrected chi connectivity index (χ4v) is 2.39. The molecule has 0 saturated heterocycles. The van der Waals surface area contributed by atoms with Gasteiger partial charge in [0, 0.05) is 6.20 Å². The van der Waals surface area contributed by atoms with Crippen LogP contribution in [0.4, 0.5) is 0 Å². The summed E-state index contributed by atoms with van der Waals surface area (Å²) in [5.41, 5.74) is 0.748. The Hall–Kier alpha value is -2.41. The number of carboxylic acid groups (broad SMARTS) is 1. The summed E-state index contributed by atoms with van der Waals surface area (Å²) in [5.74, 6) is -1.05. The lowest BCUT2D eigenvalue weighted by atomic mass is 10.4. The van der Waals surface area contributed by atoms with Crippen LogP contribution in [0.15, 0.2) is 52.8 Å². The number of carbonyl (C=O) groups is 1. The molecule has 0 unspecified atom stereocenters. The summed E-state index contributed by atoms with van der Waals surface area (Å²) >= 11 is 1.27. The van der Waals surface area contributed by atoms with Gasteiger partial charge in [-0.3, -0.25) is 4.40 Å². The normalized spacial score (nSPS) is 10.7. The highest BCUT2D eigenvalue weighted by Crippen LogP contribution is 2.24. The number of hydrogen-bond donors (Lipinski definition) is 1. The number of carboxylic acids is 1. The van der Waals surface area contributed by atoms with E-state index in [2.05, 4.69) is 15.2 Å². The van der Waals surface area contributed by atoms with E-state index >= 15 is 0 Å². The predicted octanol–water partition coefficient (Wildman–Crippen LogP) is 1.97. The third-order valence-electron chi connectivity index (χ3n) is 2.42. The van der Waals surface area contributed by atoms with Crippen LogP contribution in [-0.2, 0) is 0 Å². The van der Waals surface area contributed by atoms with Crippen LogP contribution in [0, 0.1) is 0 Å². The Morgan fingerprint density at radius 1 is 1.16 bits per heavy atom. The molecule has 1 N–H and O–H groups in total. The third-order valence-corrected chi connectivity index (χ3v) is 3.32. The Balaban J connectivity index is 1.97. The van der Waals surface area contributed by atoms with Crippen molar-refractivity contribution in [1.29, 1.82) is 0 Å². The maximum Gasteiger partial charge on any atom is 0.354 e. The summed E-state index contributed by atoms with van der Waals surface area (Å²) in [6, 6.07) is 10.4. The largest absolute Gasteiger partial charge is 0.477 e. The Kier molecular flexibility index (Phi) is 2.88. The van der Waals surface area contributed by atoms with Crippen molar-refractivity contribution in [3.05, 3.63) is 48.3 Å². The zero-order chi connectivity index (χ0) is 13.2. The summed E-state index contributed by atoms with van der Waals surface area (Å²) in [5, 5.41) is 18.2. The molecular formula is C12H8N4O2S. The second-order valence-corrected chi connectivity index (χ2v) is 4.67. The molecule has 0 aromatic carbocycles. The van der Waals surface area contributed by atoms with Gasteiger partial charge in [0.15, 0.2) is 5.65 Å². The van der Waals surface area contributed by atoms with Crippen LogP contribution in [0.25, 0.3) is 5.65 Å². The Morgan fingerprint density at radius 3 is 2.89 bits per heavy atom. The maximum absolute atomic E-state index is 10.9. The van der Waals surface area contributed by atoms with E-state index in [-0.39, 0.29) is 5.69 Å². The number of nitrogens with zero attached hydrogens (tertiary/aromatic N) is 4. The molecule has 3 aromatic heterocycles. The molecule has 3 heterocycles. The van der Waals surface area contributed by atoms with Crippen molar-refractivity contribution in [2.24, 2.45) is 0 Å². The molecule has 6 nitrogen and oxygen atoms in total. The maximum atomic E-state index is 10.9. The smallest absolute Gasteiger partial charge is 0.354 e. The highest BCUT2D eigenvalue weighted by atomic mass is 32.2. The van der Waals surface area contributed by atoms with Crippen molar-refractivity contribution in [1.82, 2.24) is 19.6 Å². The summed E-state index contributed by atoms with van der Waals surface area (Å²) in [7, 11) is 0. The van der Waals surface area contributed by atoms with Gasteiger partial charge in [-0.05, 0) is 36.0 Å². The van der Waals surface area contributed by atoms with Crippen LogP contribution in [0.1, 0.15) is 10.5 Å². The number of pyridine rings is 2. The van der Waals surface area contributed by atoms with Gasteiger partial charge < -0.3 is 5.11 Å². The number of aromatic carboxylic acids is 1. The summed E-state index contributed by atoms with van der Waals surface area (Å²) < 4.78 is 1.82. The van der Waals surface area contributed by atoms with E-state index in [1.54, 1.807) is 12.1 Å². The van der Waals surface area contributed by atoms with Crippen molar-refractivity contribution in [3.63, 3.8) is 0 Å². The first kappa shape index (κ1) is 11.7. The summed E-state index contributed by atoms with van der Waals surface area (Å²) in [6.07, 6.45) is 1.85. The molecule has 0 amide bonds. The lowest BCUT2D eigenvalue weighted by Gasteiger charge is -2.00. The average molecular weight is 272 g/mol. The van der Waals surface area contributed by atoms with Crippen molar-refractivity contribution < 1.29 is 9.90 Å². The molecule has 3 rings (SSSR count). The Labute approximate surface area is 112 Å². The minimum absolute atomic E-state index is 0.0128. The highest BCUT2D eigenvalue weighted by Gasteiger charge is 2.10. The molecule has 0 saturated carbocycles. The minimum Gasteiger partial charge on any atom is -0.477 e. The average Bonchev–Trinajstić information content (AvgIpc) is 2.83. The molecule has 0 atom stereocenters. The first-order chi connectivity index (χ1) is 9.24. The van der Waals surface area contributed by atoms with E-state index < -0.39 is 5.97 Å². The lowest BCUT2D eigenvalue weighted by Crippen LogP contribution is -2.00. The molecule has 19 heavy (non-hydrogen) atoms. The first-order valence-electron chi connectivity index (χ1n) is 5.42. The minimum atomic E-state index is -1.05. The van der Waals surface area contributed by atoms with Crippen LogP contribution < -0.4 is 0 Å². The van der Waals surface area contributed by atoms with Crippen LogP contribution in [0.2, 0.25) is 0 Å². The van der Waals surface area contributed by atoms with Crippen molar-refractivity contribution in [3.8, 4) is 0 Å². The number of hydrogen-bond acceptors (Lipinski definition) is 5. The van der Waals surface area contributed by atoms with E-state index in [1.807, 2.05) is 28.8 Å². The predicted molar refractivity (Wildman–Crippen MR) is 68.3 cm³/mol. The van der Waals surface area contributed by atoms with Crippen LogP contribution in [-0.4, -0.2) is 30.7 Å². The third kappa shape index (κ3) is 2.27. The molecule has 0 aliphatic heterocycles. The van der Waals surface area contributed by atoms with Crippen LogP contribution >= 0.6 is 11.8 Å². The van der Waals surface area contributed by atoms with Gasteiger partial charge in [0.1, 0.15) is 10.7 Å². The van der Waals surface area contributed by atoms with Gasteiger partial charge >= 0.3 is 5.97 Å². The number of fused-ring (bicyclic) bond motifs is 1. The van der Waals surface area contributed by atoms with Gasteiger partial charge in [-0.25, -0.2) is 9.78 Å². The Morgan fingerprint density at radius 2 is 2.05 bits per heavy atom. The fourth-order valence-electron chi connectivity index (χ4n) is 1.57. The standard InChI is InChI=1S/C12H8N4O2S/c17-11(18)8-4-3-6-10(13-8)19-12-15-14-9-5-1-2-7-16(9)12/h1-7H,(H,17,18). The van der Waals surface area contributed by atoms with Gasteiger partial charge in [-0.2, -0.15) is 0 Å². The van der Waals surface area contributed by atoms with E-state index in [0.717, 1.165) is 5.65 Å². The molecule has 0 spiro atoms. The monoisotopic (exact) mass is 272 g/mol. The van der Waals surface area contributed by atoms with Gasteiger partial charge in [0.2, 0.25) is 5.16 Å². The molecule has 0 aliphatic rings. The molecule has 0 aliphatic carbocycles. The fraction of sp³-hybridized carbons (Fsp3) is 0. The zero-order valence-electron chi connectivity index (χ0n) is 9.59. The van der Waals surface area contributed by atoms with Crippen molar-refractivity contribution >= 4 is 23.4 Å². The number of aromatic nitrogens is 4. The SMILES string of the molecule is O=C(O)c1cccc(Sc2nnc3ccccn23)n1. The second-order valence-electron chi connectivity index (χ2n) is 3.68. The van der Waals surface area contributed by atoms with E-state index in [0.29, 0.717) is 10.2 Å². The molecule has 3 aromatic rings. The summed E-state index contributed by atoms with van der Waals surface area (Å²) in [6.45, 7) is 0. The van der Waals surface area contributed by atoms with E-state index in [1.165, 1.54) is 17.8 Å². The van der Waals surface area contributed by atoms with Crippen LogP contribution in [0.3, 0.4) is 0 Å². The first-order valence-corrected chi connectivity index (χ1v) is 6.24. The molecule has 0 radical (unpaired) electrons. The topological polar surface area (TPSA) is 80.4 Å². The molecular weight excluding hydrogens is 264 g/mol. The van der Waals surface area contributed by atoms with Gasteiger partial charge in [0.05, 0.1) is 0 Å². The molecule has 0 bridgehead atoms. The highest BCUT2D eigenvalue weighted by molar-refractivity contribution is 7.99. The molecule has 94 valence electrons. The molecule has 0 fully saturated rings. The number of rotatable bonds is 3. The van der Waals surface area contributed by atoms with Crippen molar-refractivity contribution in [2.45, 2.75) is 10.2 Å². The van der Waals surface area contributed by atoms with Gasteiger partial charge in [-0.15, -0.1) is 10.2 Å². The zero-order valence-corrected chi connectivity index (χ0v) is 10.4. The van der Waals surface area contributed by atoms with Crippen molar-refractivity contribution in [2.75, 3.05) is 0 Å². The van der Waals surface area contributed by atoms with E-state index in [9.17, 15) is 4.79 Å². The molecule has 7 heteroatoms. The van der Waals surface area contributed by atoms with Gasteiger partial charge in [0.25, 0.3) is 0 Å². The quantitative estimate of drug-likeness (QED) is 0.785. The summed E-state index contributed by atoms with van der Waals surface area (Å²) in [4.78, 5) is 14.9. The van der Waals surface area contributed by atoms with E-state index in [4.69, 9.17) is 5.11 Å². The van der Waals surface area contributed by atoms with Gasteiger partial charge in [-0.1, -0.05) is 12.1 Å². The lowest BCUT2D eigenvalue weighted by molar-refractivity contribution is 0.0689. The second kappa shape index (κ2) is 4.69. The van der Waals surface area contributed by atoms with Crippen LogP contribution in [0.5, 0.6) is 0 Å².